The van der Waals surface area contributed by atoms with E-state index in [0.29, 0.717) is 24.9 Å². The third kappa shape index (κ3) is 3.40. The number of rotatable bonds is 6. The maximum atomic E-state index is 6.26. The summed E-state index contributed by atoms with van der Waals surface area (Å²) in [5.41, 5.74) is 9.26. The number of morpholine rings is 1. The first-order chi connectivity index (χ1) is 13.6. The van der Waals surface area contributed by atoms with E-state index in [9.17, 15) is 0 Å². The molecule has 6 nitrogen and oxygen atoms in total. The molecule has 28 heavy (non-hydrogen) atoms. The lowest BCUT2D eigenvalue weighted by molar-refractivity contribution is -0.00690. The molecule has 5 rings (SSSR count). The predicted molar refractivity (Wildman–Crippen MR) is 109 cm³/mol. The number of nitrogens with two attached hydrogens (primary N) is 1. The van der Waals surface area contributed by atoms with Gasteiger partial charge >= 0.3 is 7.48 Å². The fraction of sp³-hybridized carbons (Fsp3) is 0.619. The Morgan fingerprint density at radius 2 is 2.29 bits per heavy atom. The molecule has 0 spiro atoms. The van der Waals surface area contributed by atoms with Crippen LogP contribution in [0, 0.1) is 6.92 Å². The lowest BCUT2D eigenvalue weighted by Gasteiger charge is -2.43. The van der Waals surface area contributed by atoms with E-state index in [1.54, 1.807) is 0 Å². The predicted octanol–water partition coefficient (Wildman–Crippen LogP) is 1.56. The van der Waals surface area contributed by atoms with E-state index >= 15 is 0 Å². The summed E-state index contributed by atoms with van der Waals surface area (Å²) in [5.74, 6) is 3.23. The fourth-order valence-corrected chi connectivity index (χ4v) is 4.44. The van der Waals surface area contributed by atoms with Gasteiger partial charge in [0.15, 0.2) is 0 Å². The van der Waals surface area contributed by atoms with Gasteiger partial charge in [0, 0.05) is 36.8 Å². The molecule has 1 aromatic rings. The molecule has 3 heterocycles. The number of hydrogen-bond donors (Lipinski definition) is 2. The van der Waals surface area contributed by atoms with Crippen LogP contribution >= 0.6 is 0 Å². The lowest BCUT2D eigenvalue weighted by atomic mass is 9.84. The van der Waals surface area contributed by atoms with Gasteiger partial charge in [0.1, 0.15) is 17.6 Å². The van der Waals surface area contributed by atoms with Gasteiger partial charge in [-0.3, -0.25) is 0 Å². The summed E-state index contributed by atoms with van der Waals surface area (Å²) in [7, 11) is 2.00. The molecule has 4 unspecified atom stereocenters. The average molecular weight is 382 g/mol. The minimum Gasteiger partial charge on any atom is -0.562 e. The number of hydrogen-bond acceptors (Lipinski definition) is 6. The Balaban J connectivity index is 1.11. The van der Waals surface area contributed by atoms with Crippen LogP contribution in [-0.2, 0) is 4.74 Å². The van der Waals surface area contributed by atoms with Crippen LogP contribution < -0.4 is 20.4 Å². The van der Waals surface area contributed by atoms with E-state index in [4.69, 9.17) is 19.9 Å². The molecule has 4 atom stereocenters. The summed E-state index contributed by atoms with van der Waals surface area (Å²) in [5, 5.41) is 3.43. The highest BCUT2D eigenvalue weighted by atomic mass is 16.5. The molecule has 1 aliphatic carbocycles. The van der Waals surface area contributed by atoms with Crippen LogP contribution in [0.25, 0.3) is 0 Å². The van der Waals surface area contributed by atoms with Gasteiger partial charge in [0.25, 0.3) is 0 Å². The molecule has 0 aromatic heterocycles. The van der Waals surface area contributed by atoms with Crippen molar-refractivity contribution in [2.24, 2.45) is 5.73 Å². The molecule has 3 fully saturated rings. The van der Waals surface area contributed by atoms with Crippen molar-refractivity contribution >= 4 is 7.48 Å². The van der Waals surface area contributed by atoms with Crippen LogP contribution in [0.4, 0.5) is 0 Å². The molecule has 1 aromatic carbocycles. The zero-order valence-electron chi connectivity index (χ0n) is 16.5. The number of benzene rings is 1. The molecule has 7 heteroatoms. The van der Waals surface area contributed by atoms with E-state index in [2.05, 4.69) is 35.9 Å². The highest BCUT2D eigenvalue weighted by molar-refractivity contribution is 6.33. The van der Waals surface area contributed by atoms with Crippen molar-refractivity contribution in [2.75, 3.05) is 32.8 Å². The first kappa shape index (κ1) is 18.3. The maximum absolute atomic E-state index is 6.26. The third-order valence-corrected chi connectivity index (χ3v) is 6.49. The normalized spacial score (nSPS) is 31.0. The van der Waals surface area contributed by atoms with E-state index in [-0.39, 0.29) is 18.2 Å². The second-order valence-corrected chi connectivity index (χ2v) is 8.58. The fourth-order valence-electron chi connectivity index (χ4n) is 4.44. The second kappa shape index (κ2) is 7.28. The number of fused-ring (bicyclic) bond motifs is 3. The summed E-state index contributed by atoms with van der Waals surface area (Å²) in [6.07, 6.45) is 2.44. The largest absolute Gasteiger partial charge is 0.562 e. The Bertz CT molecular complexity index is 760. The summed E-state index contributed by atoms with van der Waals surface area (Å²) in [6, 6.07) is 4.58. The van der Waals surface area contributed by atoms with Crippen molar-refractivity contribution in [1.29, 1.82) is 0 Å². The van der Waals surface area contributed by atoms with Crippen LogP contribution in [0.15, 0.2) is 24.4 Å². The van der Waals surface area contributed by atoms with Gasteiger partial charge in [-0.15, -0.1) is 0 Å². The van der Waals surface area contributed by atoms with Gasteiger partial charge in [-0.2, -0.15) is 0 Å². The van der Waals surface area contributed by atoms with E-state index in [1.807, 2.05) is 7.48 Å². The minimum atomic E-state index is 0.179. The van der Waals surface area contributed by atoms with Gasteiger partial charge in [0.2, 0.25) is 0 Å². The Morgan fingerprint density at radius 3 is 3.04 bits per heavy atom. The second-order valence-electron chi connectivity index (χ2n) is 8.58. The van der Waals surface area contributed by atoms with Crippen LogP contribution in [0.3, 0.4) is 0 Å². The Labute approximate surface area is 167 Å². The zero-order chi connectivity index (χ0) is 19.3. The number of nitrogens with one attached hydrogen (secondary N) is 1. The van der Waals surface area contributed by atoms with E-state index < -0.39 is 0 Å². The van der Waals surface area contributed by atoms with Crippen LogP contribution in [0.1, 0.15) is 29.9 Å². The summed E-state index contributed by atoms with van der Waals surface area (Å²) < 4.78 is 18.0. The molecule has 149 valence electrons. The molecule has 1 saturated carbocycles. The quantitative estimate of drug-likeness (QED) is 0.728. The number of nitrogens with zero attached hydrogens (tertiary/aromatic N) is 1. The SMILES string of the molecule is C=C(CC1CNC(CN)CO1)N1CC(Oc2ccc3c(c2C)O[B]C2CC32)C1. The molecule has 3 aliphatic heterocycles. The van der Waals surface area contributed by atoms with Crippen molar-refractivity contribution in [2.45, 2.75) is 49.8 Å². The summed E-state index contributed by atoms with van der Waals surface area (Å²) in [4.78, 5) is 2.29. The highest BCUT2D eigenvalue weighted by Gasteiger charge is 2.46. The minimum absolute atomic E-state index is 0.179. The topological polar surface area (TPSA) is 69.0 Å². The molecule has 1 radical (unpaired) electrons. The van der Waals surface area contributed by atoms with Crippen molar-refractivity contribution in [3.8, 4) is 11.5 Å². The van der Waals surface area contributed by atoms with Crippen LogP contribution in [0.5, 0.6) is 11.5 Å². The van der Waals surface area contributed by atoms with Gasteiger partial charge in [-0.25, -0.2) is 0 Å². The first-order valence-corrected chi connectivity index (χ1v) is 10.4. The zero-order valence-corrected chi connectivity index (χ0v) is 16.5. The van der Waals surface area contributed by atoms with Gasteiger partial charge in [-0.05, 0) is 36.7 Å². The third-order valence-electron chi connectivity index (χ3n) is 6.49. The molecule has 0 amide bonds. The Kier molecular flexibility index (Phi) is 4.77. The Morgan fingerprint density at radius 1 is 1.43 bits per heavy atom. The van der Waals surface area contributed by atoms with E-state index in [0.717, 1.165) is 48.8 Å². The molecule has 4 aliphatic rings. The van der Waals surface area contributed by atoms with Crippen LogP contribution in [-0.4, -0.2) is 63.4 Å². The highest BCUT2D eigenvalue weighted by Crippen LogP contribution is 2.58. The van der Waals surface area contributed by atoms with Gasteiger partial charge < -0.3 is 30.1 Å². The van der Waals surface area contributed by atoms with Crippen molar-refractivity contribution in [1.82, 2.24) is 10.2 Å². The molecule has 2 saturated heterocycles. The first-order valence-electron chi connectivity index (χ1n) is 10.4. The summed E-state index contributed by atoms with van der Waals surface area (Å²) in [6.45, 7) is 10.2. The van der Waals surface area contributed by atoms with Crippen molar-refractivity contribution in [3.05, 3.63) is 35.5 Å². The summed E-state index contributed by atoms with van der Waals surface area (Å²) >= 11 is 0. The van der Waals surface area contributed by atoms with Crippen molar-refractivity contribution < 1.29 is 14.1 Å². The molecular weight excluding hydrogens is 353 g/mol. The maximum Gasteiger partial charge on any atom is 0.373 e. The standard InChI is InChI=1S/C21H29BN3O3/c1-12(5-15-8-24-14(7-23)11-26-15)25-9-16(10-25)27-20-4-3-17-18-6-19(18)22-28-21(17)13(20)2/h3-4,14-16,18-19,24H,1,5-11,23H2,2H3. The number of ether oxygens (including phenoxy) is 2. The lowest BCUT2D eigenvalue weighted by Crippen LogP contribution is -2.54. The van der Waals surface area contributed by atoms with Gasteiger partial charge in [0.05, 0.1) is 25.8 Å². The molecular formula is C21H29BN3O3. The Hall–Kier alpha value is -1.70. The smallest absolute Gasteiger partial charge is 0.373 e. The number of likely N-dealkylation sites (tertiary alicyclic amines) is 1. The van der Waals surface area contributed by atoms with Crippen LogP contribution in [0.2, 0.25) is 5.82 Å². The molecule has 0 bridgehead atoms. The van der Waals surface area contributed by atoms with Crippen molar-refractivity contribution in [3.63, 3.8) is 0 Å². The van der Waals surface area contributed by atoms with E-state index in [1.165, 1.54) is 12.0 Å². The van der Waals surface area contributed by atoms with Gasteiger partial charge in [-0.1, -0.05) is 12.6 Å². The molecule has 3 N–H and O–H groups in total. The monoisotopic (exact) mass is 382 g/mol. The average Bonchev–Trinajstić information content (AvgIpc) is 3.46.